The van der Waals surface area contributed by atoms with E-state index < -0.39 is 11.9 Å². The van der Waals surface area contributed by atoms with Crippen molar-refractivity contribution in [2.45, 2.75) is 6.92 Å². The van der Waals surface area contributed by atoms with E-state index in [4.69, 9.17) is 5.73 Å². The van der Waals surface area contributed by atoms with Gasteiger partial charge >= 0.3 is 6.03 Å². The van der Waals surface area contributed by atoms with E-state index in [1.54, 1.807) is 6.92 Å². The maximum atomic E-state index is 10.8. The molecule has 0 aromatic carbocycles. The molecule has 80 valence electrons. The molecule has 4 amide bonds. The molecular weight excluding hydrogens is 188 g/mol. The number of nitrogens with one attached hydrogen (secondary N) is 3. The van der Waals surface area contributed by atoms with Gasteiger partial charge in [-0.3, -0.25) is 20.2 Å². The minimum Gasteiger partial charge on any atom is -0.355 e. The number of imide groups is 1. The van der Waals surface area contributed by atoms with Crippen molar-refractivity contribution in [1.29, 1.82) is 0 Å². The normalized spacial score (nSPS) is 9.21. The summed E-state index contributed by atoms with van der Waals surface area (Å²) in [7, 11) is 0. The van der Waals surface area contributed by atoms with E-state index in [1.165, 1.54) is 0 Å². The first-order valence-electron chi connectivity index (χ1n) is 4.13. The van der Waals surface area contributed by atoms with Crippen LogP contribution in [0, 0.1) is 0 Å². The summed E-state index contributed by atoms with van der Waals surface area (Å²) in [6.45, 7) is 2.23. The molecule has 0 spiro atoms. The van der Waals surface area contributed by atoms with Crippen molar-refractivity contribution in [2.24, 2.45) is 5.73 Å². The monoisotopic (exact) mass is 202 g/mol. The maximum absolute atomic E-state index is 10.8. The molecule has 0 atom stereocenters. The van der Waals surface area contributed by atoms with Gasteiger partial charge < -0.3 is 11.1 Å². The Hall–Kier alpha value is -1.63. The fourth-order valence-corrected chi connectivity index (χ4v) is 0.731. The lowest BCUT2D eigenvalue weighted by Gasteiger charge is -2.03. The summed E-state index contributed by atoms with van der Waals surface area (Å²) in [6, 6.07) is -0.908. The SMILES string of the molecule is CCNC(=O)CNCC(=O)NC(N)=O. The smallest absolute Gasteiger partial charge is 0.318 e. The number of hydrogen-bond donors (Lipinski definition) is 4. The summed E-state index contributed by atoms with van der Waals surface area (Å²) < 4.78 is 0. The van der Waals surface area contributed by atoms with Crippen molar-refractivity contribution >= 4 is 17.8 Å². The van der Waals surface area contributed by atoms with Crippen LogP contribution in [0.2, 0.25) is 0 Å². The molecule has 0 unspecified atom stereocenters. The minimum absolute atomic E-state index is 0.0278. The highest BCUT2D eigenvalue weighted by Gasteiger charge is 2.04. The summed E-state index contributed by atoms with van der Waals surface area (Å²) in [6.07, 6.45) is 0. The van der Waals surface area contributed by atoms with Crippen LogP contribution in [0.15, 0.2) is 0 Å². The van der Waals surface area contributed by atoms with Gasteiger partial charge in [0, 0.05) is 6.54 Å². The quantitative estimate of drug-likeness (QED) is 0.409. The van der Waals surface area contributed by atoms with Crippen LogP contribution in [0.25, 0.3) is 0 Å². The van der Waals surface area contributed by atoms with E-state index in [9.17, 15) is 14.4 Å². The molecule has 0 saturated carbocycles. The molecule has 7 heteroatoms. The minimum atomic E-state index is -0.908. The maximum Gasteiger partial charge on any atom is 0.318 e. The van der Waals surface area contributed by atoms with Crippen molar-refractivity contribution < 1.29 is 14.4 Å². The first-order chi connectivity index (χ1) is 6.56. The lowest BCUT2D eigenvalue weighted by Crippen LogP contribution is -2.43. The highest BCUT2D eigenvalue weighted by atomic mass is 16.2. The number of carbonyl (C=O) groups excluding carboxylic acids is 3. The number of primary amides is 1. The molecule has 14 heavy (non-hydrogen) atoms. The van der Waals surface area contributed by atoms with Gasteiger partial charge in [-0.05, 0) is 6.92 Å². The Kier molecular flexibility index (Phi) is 6.04. The number of nitrogens with two attached hydrogens (primary N) is 1. The van der Waals surface area contributed by atoms with E-state index in [0.29, 0.717) is 6.54 Å². The second kappa shape index (κ2) is 6.84. The number of amides is 4. The van der Waals surface area contributed by atoms with Crippen LogP contribution in [0.5, 0.6) is 0 Å². The third-order valence-electron chi connectivity index (χ3n) is 1.21. The predicted molar refractivity (Wildman–Crippen MR) is 49.3 cm³/mol. The third-order valence-corrected chi connectivity index (χ3v) is 1.21. The molecular formula is C7H14N4O3. The molecule has 0 aliphatic rings. The Morgan fingerprint density at radius 1 is 1.14 bits per heavy atom. The zero-order chi connectivity index (χ0) is 11.0. The zero-order valence-corrected chi connectivity index (χ0v) is 7.92. The van der Waals surface area contributed by atoms with Gasteiger partial charge in [-0.1, -0.05) is 0 Å². The number of rotatable bonds is 5. The Bertz CT molecular complexity index is 229. The summed E-state index contributed by atoms with van der Waals surface area (Å²) in [4.78, 5) is 31.8. The molecule has 0 radical (unpaired) electrons. The van der Waals surface area contributed by atoms with Crippen LogP contribution < -0.4 is 21.7 Å². The zero-order valence-electron chi connectivity index (χ0n) is 7.92. The van der Waals surface area contributed by atoms with Crippen LogP contribution in [0.3, 0.4) is 0 Å². The summed E-state index contributed by atoms with van der Waals surface area (Å²) in [5.41, 5.74) is 4.69. The van der Waals surface area contributed by atoms with Gasteiger partial charge in [0.25, 0.3) is 0 Å². The fraction of sp³-hybridized carbons (Fsp3) is 0.571. The van der Waals surface area contributed by atoms with Gasteiger partial charge in [0.2, 0.25) is 11.8 Å². The molecule has 0 aromatic rings. The van der Waals surface area contributed by atoms with E-state index >= 15 is 0 Å². The lowest BCUT2D eigenvalue weighted by atomic mass is 10.5. The van der Waals surface area contributed by atoms with E-state index in [2.05, 4.69) is 10.6 Å². The highest BCUT2D eigenvalue weighted by molar-refractivity contribution is 5.94. The summed E-state index contributed by atoms with van der Waals surface area (Å²) in [5.74, 6) is -0.777. The molecule has 5 N–H and O–H groups in total. The summed E-state index contributed by atoms with van der Waals surface area (Å²) >= 11 is 0. The number of likely N-dealkylation sites (N-methyl/N-ethyl adjacent to an activating group) is 1. The van der Waals surface area contributed by atoms with Crippen LogP contribution in [0.4, 0.5) is 4.79 Å². The van der Waals surface area contributed by atoms with Gasteiger partial charge in [-0.2, -0.15) is 0 Å². The Labute approximate surface area is 81.4 Å². The lowest BCUT2D eigenvalue weighted by molar-refractivity contribution is -0.120. The Morgan fingerprint density at radius 2 is 1.71 bits per heavy atom. The Balaban J connectivity index is 3.49. The highest BCUT2D eigenvalue weighted by Crippen LogP contribution is 1.66. The average Bonchev–Trinajstić information content (AvgIpc) is 2.02. The molecule has 0 aliphatic carbocycles. The predicted octanol–water partition coefficient (Wildman–Crippen LogP) is -2.09. The van der Waals surface area contributed by atoms with Crippen LogP contribution in [-0.4, -0.2) is 37.5 Å². The molecule has 7 nitrogen and oxygen atoms in total. The molecule has 0 rings (SSSR count). The van der Waals surface area contributed by atoms with Crippen molar-refractivity contribution in [3.63, 3.8) is 0 Å². The van der Waals surface area contributed by atoms with E-state index in [-0.39, 0.29) is 19.0 Å². The fourth-order valence-electron chi connectivity index (χ4n) is 0.731. The number of hydrogen-bond acceptors (Lipinski definition) is 4. The van der Waals surface area contributed by atoms with Crippen molar-refractivity contribution in [3.8, 4) is 0 Å². The van der Waals surface area contributed by atoms with Crippen molar-refractivity contribution in [2.75, 3.05) is 19.6 Å². The largest absolute Gasteiger partial charge is 0.355 e. The first kappa shape index (κ1) is 12.4. The molecule has 0 saturated heterocycles. The van der Waals surface area contributed by atoms with E-state index in [1.807, 2.05) is 5.32 Å². The molecule has 0 aliphatic heterocycles. The third kappa shape index (κ3) is 7.04. The van der Waals surface area contributed by atoms with Crippen molar-refractivity contribution in [3.05, 3.63) is 0 Å². The van der Waals surface area contributed by atoms with Gasteiger partial charge in [-0.25, -0.2) is 4.79 Å². The topological polar surface area (TPSA) is 113 Å². The van der Waals surface area contributed by atoms with Gasteiger partial charge in [0.05, 0.1) is 13.1 Å². The summed E-state index contributed by atoms with van der Waals surface area (Å²) in [5, 5.41) is 6.93. The van der Waals surface area contributed by atoms with Crippen LogP contribution in [0.1, 0.15) is 6.92 Å². The number of carbonyl (C=O) groups is 3. The van der Waals surface area contributed by atoms with E-state index in [0.717, 1.165) is 0 Å². The number of urea groups is 1. The average molecular weight is 202 g/mol. The van der Waals surface area contributed by atoms with Crippen molar-refractivity contribution in [1.82, 2.24) is 16.0 Å². The van der Waals surface area contributed by atoms with Gasteiger partial charge in [-0.15, -0.1) is 0 Å². The van der Waals surface area contributed by atoms with Crippen LogP contribution >= 0.6 is 0 Å². The molecule has 0 heterocycles. The molecule has 0 bridgehead atoms. The Morgan fingerprint density at radius 3 is 2.21 bits per heavy atom. The standard InChI is InChI=1S/C7H14N4O3/c1-2-10-5(12)3-9-4-6(13)11-7(8)14/h9H,2-4H2,1H3,(H,10,12)(H3,8,11,13,14). The molecule has 0 aromatic heterocycles. The van der Waals surface area contributed by atoms with Gasteiger partial charge in [0.1, 0.15) is 0 Å². The van der Waals surface area contributed by atoms with Crippen LogP contribution in [-0.2, 0) is 9.59 Å². The van der Waals surface area contributed by atoms with Gasteiger partial charge in [0.15, 0.2) is 0 Å². The second-order valence-corrected chi connectivity index (χ2v) is 2.47. The molecule has 0 fully saturated rings. The second-order valence-electron chi connectivity index (χ2n) is 2.47. The first-order valence-corrected chi connectivity index (χ1v) is 4.13.